The minimum Gasteiger partial charge on any atom is -0.488 e. The first-order valence-electron chi connectivity index (χ1n) is 9.29. The van der Waals surface area contributed by atoms with Crippen LogP contribution in [0.3, 0.4) is 0 Å². The molecular formula is C26H21BrFeO2. The van der Waals surface area contributed by atoms with Crippen molar-refractivity contribution in [2.45, 2.75) is 6.61 Å². The Kier molecular flexibility index (Phi) is 10.1. The number of hydrogen-bond acceptors (Lipinski definition) is 2. The molecule has 0 amide bonds. The van der Waals surface area contributed by atoms with Crippen molar-refractivity contribution in [1.82, 2.24) is 0 Å². The molecule has 30 heavy (non-hydrogen) atoms. The predicted molar refractivity (Wildman–Crippen MR) is 122 cm³/mol. The van der Waals surface area contributed by atoms with Gasteiger partial charge in [0.25, 0.3) is 0 Å². The summed E-state index contributed by atoms with van der Waals surface area (Å²) in [7, 11) is 0. The van der Waals surface area contributed by atoms with Gasteiger partial charge >= 0.3 is 17.1 Å². The molecule has 0 spiro atoms. The average Bonchev–Trinajstić information content (AvgIpc) is 3.48. The molecule has 0 unspecified atom stereocenters. The number of carbonyl (C=O) groups is 1. The van der Waals surface area contributed by atoms with Crippen LogP contribution in [0.15, 0.2) is 114 Å². The number of hydrogen-bond donors (Lipinski definition) is 0. The second-order valence-corrected chi connectivity index (χ2v) is 7.21. The van der Waals surface area contributed by atoms with E-state index in [4.69, 9.17) is 4.74 Å². The van der Waals surface area contributed by atoms with Crippen LogP contribution >= 0.6 is 15.9 Å². The molecule has 0 saturated heterocycles. The van der Waals surface area contributed by atoms with Crippen LogP contribution in [0.5, 0.6) is 5.75 Å². The van der Waals surface area contributed by atoms with Crippen molar-refractivity contribution in [2.24, 2.45) is 0 Å². The van der Waals surface area contributed by atoms with Crippen LogP contribution in [0.25, 0.3) is 6.08 Å². The Balaban J connectivity index is 0.000000468. The summed E-state index contributed by atoms with van der Waals surface area (Å²) in [5.41, 5.74) is 2.61. The van der Waals surface area contributed by atoms with Crippen molar-refractivity contribution in [3.8, 4) is 5.75 Å². The van der Waals surface area contributed by atoms with E-state index >= 15 is 0 Å². The average molecular weight is 501 g/mol. The van der Waals surface area contributed by atoms with Crippen LogP contribution in [0.1, 0.15) is 21.5 Å². The Morgan fingerprint density at radius 3 is 2.33 bits per heavy atom. The number of halogens is 1. The van der Waals surface area contributed by atoms with Crippen LogP contribution in [-0.2, 0) is 23.7 Å². The molecule has 0 aliphatic rings. The molecule has 4 heteroatoms. The van der Waals surface area contributed by atoms with Gasteiger partial charge in [0.15, 0.2) is 5.78 Å². The molecule has 0 heterocycles. The van der Waals surface area contributed by atoms with Gasteiger partial charge in [-0.2, -0.15) is 42.0 Å². The van der Waals surface area contributed by atoms with Crippen LogP contribution in [0.4, 0.5) is 0 Å². The van der Waals surface area contributed by atoms with Crippen LogP contribution in [0, 0.1) is 0 Å². The molecular weight excluding hydrogens is 480 g/mol. The number of allylic oxidation sites excluding steroid dienone is 1. The molecule has 0 aliphatic carbocycles. The van der Waals surface area contributed by atoms with Gasteiger partial charge in [0.2, 0.25) is 0 Å². The number of benzene rings is 2. The number of ketones is 1. The SMILES string of the molecule is O=C(/C=C/c1ccc[cH-]1)c1cc(Br)ccc1OCc1ccccc1.[Fe+2].c1cc[cH-]c1. The molecule has 0 saturated carbocycles. The summed E-state index contributed by atoms with van der Waals surface area (Å²) >= 11 is 3.42. The van der Waals surface area contributed by atoms with Gasteiger partial charge in [-0.05, 0) is 23.8 Å². The van der Waals surface area contributed by atoms with Gasteiger partial charge in [0.05, 0.1) is 5.56 Å². The molecule has 4 rings (SSSR count). The number of ether oxygens (including phenoxy) is 1. The van der Waals surface area contributed by atoms with Crippen LogP contribution in [0.2, 0.25) is 0 Å². The van der Waals surface area contributed by atoms with Gasteiger partial charge in [0, 0.05) is 4.47 Å². The van der Waals surface area contributed by atoms with Crippen molar-refractivity contribution in [3.05, 3.63) is 130 Å². The Bertz CT molecular complexity index is 1000. The Hall–Kier alpha value is -2.65. The zero-order chi connectivity index (χ0) is 20.3. The maximum absolute atomic E-state index is 12.5. The van der Waals surface area contributed by atoms with Gasteiger partial charge < -0.3 is 4.74 Å². The first-order chi connectivity index (χ1) is 14.2. The maximum atomic E-state index is 12.5. The number of rotatable bonds is 6. The molecule has 0 atom stereocenters. The van der Waals surface area contributed by atoms with Crippen molar-refractivity contribution >= 4 is 27.8 Å². The van der Waals surface area contributed by atoms with E-state index in [2.05, 4.69) is 15.9 Å². The maximum Gasteiger partial charge on any atom is 2.00 e. The topological polar surface area (TPSA) is 26.3 Å². The van der Waals surface area contributed by atoms with E-state index < -0.39 is 0 Å². The van der Waals surface area contributed by atoms with Gasteiger partial charge in [-0.3, -0.25) is 4.79 Å². The van der Waals surface area contributed by atoms with Gasteiger partial charge in [0.1, 0.15) is 12.4 Å². The third-order valence-electron chi connectivity index (χ3n) is 4.12. The van der Waals surface area contributed by atoms with E-state index in [1.807, 2.05) is 103 Å². The molecule has 0 fully saturated rings. The molecule has 0 radical (unpaired) electrons. The summed E-state index contributed by atoms with van der Waals surface area (Å²) in [6.45, 7) is 0.426. The second kappa shape index (κ2) is 12.8. The quantitative estimate of drug-likeness (QED) is 0.123. The van der Waals surface area contributed by atoms with E-state index in [-0.39, 0.29) is 22.9 Å². The smallest absolute Gasteiger partial charge is 0.488 e. The minimum atomic E-state index is -0.0828. The molecule has 4 aromatic carbocycles. The van der Waals surface area contributed by atoms with Crippen molar-refractivity contribution in [2.75, 3.05) is 0 Å². The normalized spacial score (nSPS) is 10.0. The van der Waals surface area contributed by atoms with E-state index in [9.17, 15) is 4.79 Å². The number of carbonyl (C=O) groups excluding carboxylic acids is 1. The summed E-state index contributed by atoms with van der Waals surface area (Å²) in [4.78, 5) is 12.5. The molecule has 0 aliphatic heterocycles. The summed E-state index contributed by atoms with van der Waals surface area (Å²) in [6, 6.07) is 33.2. The second-order valence-electron chi connectivity index (χ2n) is 6.29. The molecule has 0 N–H and O–H groups in total. The zero-order valence-corrected chi connectivity index (χ0v) is 18.9. The van der Waals surface area contributed by atoms with E-state index in [0.29, 0.717) is 17.9 Å². The standard InChI is InChI=1S/C21H16BrO2.C5H5.Fe/c22-18-11-13-21(24-15-17-8-2-1-3-9-17)19(14-18)20(23)12-10-16-6-4-5-7-16;1-2-4-5-3-1;/h1-14H,15H2;1-5H;/q2*-1;+2/b12-10+;;. The van der Waals surface area contributed by atoms with Gasteiger partial charge in [-0.15, -0.1) is 12.1 Å². The fraction of sp³-hybridized carbons (Fsp3) is 0.0385. The van der Waals surface area contributed by atoms with Crippen molar-refractivity contribution in [3.63, 3.8) is 0 Å². The van der Waals surface area contributed by atoms with Gasteiger partial charge in [-0.1, -0.05) is 52.3 Å². The van der Waals surface area contributed by atoms with Gasteiger partial charge in [-0.25, -0.2) is 12.1 Å². The van der Waals surface area contributed by atoms with E-state index in [1.54, 1.807) is 12.1 Å². The summed E-state index contributed by atoms with van der Waals surface area (Å²) < 4.78 is 6.71. The summed E-state index contributed by atoms with van der Waals surface area (Å²) in [5, 5.41) is 0. The monoisotopic (exact) mass is 500 g/mol. The summed E-state index contributed by atoms with van der Waals surface area (Å²) in [5.74, 6) is 0.500. The van der Waals surface area contributed by atoms with Crippen molar-refractivity contribution in [1.29, 1.82) is 0 Å². The van der Waals surface area contributed by atoms with Crippen LogP contribution in [-0.4, -0.2) is 5.78 Å². The molecule has 152 valence electrons. The molecule has 2 nitrogen and oxygen atoms in total. The minimum absolute atomic E-state index is 0. The zero-order valence-electron chi connectivity index (χ0n) is 16.2. The Labute approximate surface area is 196 Å². The Morgan fingerprint density at radius 2 is 1.70 bits per heavy atom. The third kappa shape index (κ3) is 7.64. The van der Waals surface area contributed by atoms with Crippen LogP contribution < -0.4 is 4.74 Å². The van der Waals surface area contributed by atoms with E-state index in [1.165, 1.54) is 0 Å². The van der Waals surface area contributed by atoms with Crippen molar-refractivity contribution < 1.29 is 26.6 Å². The first kappa shape index (κ1) is 23.6. The molecule has 0 bridgehead atoms. The molecule has 4 aromatic rings. The first-order valence-corrected chi connectivity index (χ1v) is 10.1. The third-order valence-corrected chi connectivity index (χ3v) is 4.61. The predicted octanol–water partition coefficient (Wildman–Crippen LogP) is 7.05. The summed E-state index contributed by atoms with van der Waals surface area (Å²) in [6.07, 6.45) is 3.39. The molecule has 0 aromatic heterocycles. The fourth-order valence-corrected chi connectivity index (χ4v) is 3.00. The fourth-order valence-electron chi connectivity index (χ4n) is 2.64. The largest absolute Gasteiger partial charge is 2.00 e. The van der Waals surface area contributed by atoms with E-state index in [0.717, 1.165) is 15.6 Å². The Morgan fingerprint density at radius 1 is 0.933 bits per heavy atom.